The van der Waals surface area contributed by atoms with Crippen molar-refractivity contribution in [2.45, 2.75) is 6.54 Å². The number of hydrogen-bond donors (Lipinski definition) is 1. The Bertz CT molecular complexity index is 702. The lowest BCUT2D eigenvalue weighted by molar-refractivity contribution is 1.10. The van der Waals surface area contributed by atoms with E-state index >= 15 is 0 Å². The first-order chi connectivity index (χ1) is 10.2. The van der Waals surface area contributed by atoms with Gasteiger partial charge in [-0.3, -0.25) is 4.98 Å². The molecular weight excluding hydrogens is 298 g/mol. The molecule has 0 aliphatic rings. The fraction of sp³-hybridized carbons (Fsp3) is 0.188. The van der Waals surface area contributed by atoms with Crippen LogP contribution in [-0.2, 0) is 6.54 Å². The summed E-state index contributed by atoms with van der Waals surface area (Å²) in [7, 11) is 4.08. The Morgan fingerprint density at radius 2 is 2.14 bits per heavy atom. The van der Waals surface area contributed by atoms with Gasteiger partial charge < -0.3 is 10.2 Å². The molecule has 3 nitrogen and oxygen atoms in total. The summed E-state index contributed by atoms with van der Waals surface area (Å²) in [6.45, 7) is 0.822. The van der Waals surface area contributed by atoms with Crippen LogP contribution in [0.5, 0.6) is 0 Å². The normalized spacial score (nSPS) is 10.6. The molecule has 0 aliphatic heterocycles. The number of thiophene rings is 2. The zero-order chi connectivity index (χ0) is 14.7. The van der Waals surface area contributed by atoms with Gasteiger partial charge in [-0.05, 0) is 29.0 Å². The van der Waals surface area contributed by atoms with Crippen LogP contribution < -0.4 is 10.2 Å². The van der Waals surface area contributed by atoms with Gasteiger partial charge in [-0.15, -0.1) is 22.7 Å². The highest BCUT2D eigenvalue weighted by atomic mass is 32.1. The molecule has 3 heterocycles. The van der Waals surface area contributed by atoms with Crippen molar-refractivity contribution >= 4 is 34.0 Å². The molecule has 0 fully saturated rings. The van der Waals surface area contributed by atoms with Gasteiger partial charge in [-0.1, -0.05) is 6.07 Å². The highest BCUT2D eigenvalue weighted by Crippen LogP contribution is 2.30. The first-order valence-electron chi connectivity index (χ1n) is 6.70. The zero-order valence-corrected chi connectivity index (χ0v) is 13.7. The Kier molecular flexibility index (Phi) is 4.22. The maximum absolute atomic E-state index is 4.20. The van der Waals surface area contributed by atoms with Gasteiger partial charge in [0.1, 0.15) is 0 Å². The Hall–Kier alpha value is -1.85. The van der Waals surface area contributed by atoms with Crippen molar-refractivity contribution in [1.29, 1.82) is 0 Å². The van der Waals surface area contributed by atoms with Gasteiger partial charge >= 0.3 is 0 Å². The van der Waals surface area contributed by atoms with E-state index in [1.54, 1.807) is 22.7 Å². The number of hydrogen-bond acceptors (Lipinski definition) is 5. The highest BCUT2D eigenvalue weighted by Gasteiger charge is 2.06. The molecule has 3 rings (SSSR count). The van der Waals surface area contributed by atoms with Crippen molar-refractivity contribution in [1.82, 2.24) is 4.98 Å². The molecule has 5 heteroatoms. The number of nitrogens with zero attached hydrogens (tertiary/aromatic N) is 2. The van der Waals surface area contributed by atoms with E-state index in [2.05, 4.69) is 44.2 Å². The molecule has 3 aromatic rings. The standard InChI is InChI=1S/C16H17N3S2/c1-19(2)15-5-6-17-10-14(15)18-9-13-8-12(11-21-13)16-4-3-7-20-16/h3-8,10-11,18H,9H2,1-2H3. The van der Waals surface area contributed by atoms with Gasteiger partial charge in [-0.2, -0.15) is 0 Å². The summed E-state index contributed by atoms with van der Waals surface area (Å²) in [6.07, 6.45) is 3.70. The third-order valence-electron chi connectivity index (χ3n) is 3.19. The SMILES string of the molecule is CN(C)c1ccncc1NCc1cc(-c2cccs2)cs1. The van der Waals surface area contributed by atoms with E-state index < -0.39 is 0 Å². The van der Waals surface area contributed by atoms with Gasteiger partial charge in [-0.25, -0.2) is 0 Å². The van der Waals surface area contributed by atoms with E-state index in [4.69, 9.17) is 0 Å². The smallest absolute Gasteiger partial charge is 0.0767 e. The fourth-order valence-electron chi connectivity index (χ4n) is 2.14. The molecule has 0 atom stereocenters. The van der Waals surface area contributed by atoms with Gasteiger partial charge in [0, 0.05) is 42.2 Å². The molecule has 0 bridgehead atoms. The second-order valence-corrected chi connectivity index (χ2v) is 6.86. The topological polar surface area (TPSA) is 28.2 Å². The second-order valence-electron chi connectivity index (χ2n) is 4.92. The largest absolute Gasteiger partial charge is 0.377 e. The molecule has 0 aromatic carbocycles. The average molecular weight is 315 g/mol. The lowest BCUT2D eigenvalue weighted by Gasteiger charge is -2.17. The molecule has 108 valence electrons. The molecule has 21 heavy (non-hydrogen) atoms. The molecule has 0 aliphatic carbocycles. The lowest BCUT2D eigenvalue weighted by atomic mass is 10.2. The van der Waals surface area contributed by atoms with Crippen LogP contribution in [0, 0.1) is 0 Å². The predicted octanol–water partition coefficient (Wildman–Crippen LogP) is 4.55. The molecule has 1 N–H and O–H groups in total. The van der Waals surface area contributed by atoms with Crippen LogP contribution in [0.25, 0.3) is 10.4 Å². The van der Waals surface area contributed by atoms with Crippen LogP contribution in [0.15, 0.2) is 47.4 Å². The molecule has 0 spiro atoms. The number of rotatable bonds is 5. The third-order valence-corrected chi connectivity index (χ3v) is 5.05. The van der Waals surface area contributed by atoms with Crippen LogP contribution >= 0.6 is 22.7 Å². The lowest BCUT2D eigenvalue weighted by Crippen LogP contribution is -2.12. The maximum Gasteiger partial charge on any atom is 0.0767 e. The second kappa shape index (κ2) is 6.28. The van der Waals surface area contributed by atoms with Crippen LogP contribution in [0.4, 0.5) is 11.4 Å². The molecule has 3 aromatic heterocycles. The Balaban J connectivity index is 1.71. The van der Waals surface area contributed by atoms with Crippen LogP contribution in [0.2, 0.25) is 0 Å². The first kappa shape index (κ1) is 14.1. The minimum absolute atomic E-state index is 0.822. The maximum atomic E-state index is 4.20. The average Bonchev–Trinajstić information content (AvgIpc) is 3.16. The number of nitrogens with one attached hydrogen (secondary N) is 1. The predicted molar refractivity (Wildman–Crippen MR) is 93.5 cm³/mol. The van der Waals surface area contributed by atoms with Crippen LogP contribution in [0.1, 0.15) is 4.88 Å². The minimum Gasteiger partial charge on any atom is -0.377 e. The summed E-state index contributed by atoms with van der Waals surface area (Å²) in [5, 5.41) is 7.82. The summed E-state index contributed by atoms with van der Waals surface area (Å²) < 4.78 is 0. The Morgan fingerprint density at radius 1 is 1.24 bits per heavy atom. The van der Waals surface area contributed by atoms with E-state index in [0.717, 1.165) is 17.9 Å². The highest BCUT2D eigenvalue weighted by molar-refractivity contribution is 7.14. The van der Waals surface area contributed by atoms with Gasteiger partial charge in [0.2, 0.25) is 0 Å². The van der Waals surface area contributed by atoms with Crippen molar-refractivity contribution < 1.29 is 0 Å². The molecule has 0 unspecified atom stereocenters. The van der Waals surface area contributed by atoms with Crippen molar-refractivity contribution in [3.63, 3.8) is 0 Å². The monoisotopic (exact) mass is 315 g/mol. The molecular formula is C16H17N3S2. The summed E-state index contributed by atoms with van der Waals surface area (Å²) in [4.78, 5) is 8.95. The molecule has 0 saturated heterocycles. The van der Waals surface area contributed by atoms with E-state index in [0.29, 0.717) is 0 Å². The number of aromatic nitrogens is 1. The summed E-state index contributed by atoms with van der Waals surface area (Å²) in [6, 6.07) is 8.53. The summed E-state index contributed by atoms with van der Waals surface area (Å²) in [5.74, 6) is 0. The van der Waals surface area contributed by atoms with Crippen molar-refractivity contribution in [3.05, 3.63) is 52.3 Å². The first-order valence-corrected chi connectivity index (χ1v) is 8.46. The zero-order valence-electron chi connectivity index (χ0n) is 12.0. The Morgan fingerprint density at radius 3 is 2.90 bits per heavy atom. The van der Waals surface area contributed by atoms with Crippen LogP contribution in [-0.4, -0.2) is 19.1 Å². The van der Waals surface area contributed by atoms with Gasteiger partial charge in [0.25, 0.3) is 0 Å². The minimum atomic E-state index is 0.822. The van der Waals surface area contributed by atoms with E-state index in [-0.39, 0.29) is 0 Å². The van der Waals surface area contributed by atoms with Gasteiger partial charge in [0.15, 0.2) is 0 Å². The van der Waals surface area contributed by atoms with Crippen molar-refractivity contribution in [2.75, 3.05) is 24.3 Å². The van der Waals surface area contributed by atoms with E-state index in [1.807, 2.05) is 32.6 Å². The van der Waals surface area contributed by atoms with Crippen molar-refractivity contribution in [2.24, 2.45) is 0 Å². The number of anilines is 2. The Labute approximate surface area is 132 Å². The quantitative estimate of drug-likeness (QED) is 0.748. The van der Waals surface area contributed by atoms with E-state index in [9.17, 15) is 0 Å². The third kappa shape index (κ3) is 3.25. The fourth-order valence-corrected chi connectivity index (χ4v) is 3.75. The molecule has 0 amide bonds. The van der Waals surface area contributed by atoms with Gasteiger partial charge in [0.05, 0.1) is 17.6 Å². The van der Waals surface area contributed by atoms with E-state index in [1.165, 1.54) is 15.3 Å². The molecule has 0 radical (unpaired) electrons. The summed E-state index contributed by atoms with van der Waals surface area (Å²) in [5.41, 5.74) is 3.53. The number of pyridine rings is 1. The van der Waals surface area contributed by atoms with Crippen LogP contribution in [0.3, 0.4) is 0 Å². The van der Waals surface area contributed by atoms with Crippen molar-refractivity contribution in [3.8, 4) is 10.4 Å². The molecule has 0 saturated carbocycles. The summed E-state index contributed by atoms with van der Waals surface area (Å²) >= 11 is 3.57.